The fourth-order valence-corrected chi connectivity index (χ4v) is 4.82. The third kappa shape index (κ3) is 3.04. The van der Waals surface area contributed by atoms with E-state index in [9.17, 15) is 18.8 Å². The van der Waals surface area contributed by atoms with Crippen molar-refractivity contribution in [1.29, 1.82) is 0 Å². The Balaban J connectivity index is 2.12. The molecule has 1 N–H and O–H groups in total. The Morgan fingerprint density at radius 2 is 1.96 bits per heavy atom. The van der Waals surface area contributed by atoms with Crippen molar-refractivity contribution < 1.29 is 23.5 Å². The highest BCUT2D eigenvalue weighted by Crippen LogP contribution is 2.50. The van der Waals surface area contributed by atoms with Gasteiger partial charge in [0.2, 0.25) is 11.8 Å². The number of fused-ring (bicyclic) bond motifs is 1. The minimum atomic E-state index is -1.28. The molecule has 8 heteroatoms. The van der Waals surface area contributed by atoms with E-state index in [4.69, 9.17) is 4.74 Å². The number of methoxy groups -OCH3 is 1. The quantitative estimate of drug-likeness (QED) is 0.585. The molecule has 27 heavy (non-hydrogen) atoms. The number of carbonyl (C=O) groups excluding carboxylic acids is 3. The summed E-state index contributed by atoms with van der Waals surface area (Å²) in [6, 6.07) is 5.22. The zero-order chi connectivity index (χ0) is 19.8. The number of halogens is 1. The maximum absolute atomic E-state index is 13.4. The standard InChI is InChI=1S/C19H23FN2O4S/c1-4-22-16(23)13-14(17(22)24)19(9-10-27-3,18(25)26-2)21-15(13)11-5-7-12(20)8-6-11/h5-8,13-15,21H,4,9-10H2,1-3H3/t13-,14-,15+,19+/m0/s1. The summed E-state index contributed by atoms with van der Waals surface area (Å²) in [4.78, 5) is 40.1. The van der Waals surface area contributed by atoms with Crippen molar-refractivity contribution in [1.82, 2.24) is 10.2 Å². The average Bonchev–Trinajstić information content (AvgIpc) is 3.14. The topological polar surface area (TPSA) is 75.7 Å². The van der Waals surface area contributed by atoms with Crippen LogP contribution in [0, 0.1) is 17.7 Å². The molecule has 1 aromatic rings. The summed E-state index contributed by atoms with van der Waals surface area (Å²) in [5, 5.41) is 3.25. The molecule has 2 heterocycles. The fourth-order valence-electron chi connectivity index (χ4n) is 4.30. The van der Waals surface area contributed by atoms with Gasteiger partial charge in [-0.05, 0) is 43.0 Å². The number of ether oxygens (including phenoxy) is 1. The third-order valence-electron chi connectivity index (χ3n) is 5.54. The van der Waals surface area contributed by atoms with E-state index in [1.54, 1.807) is 30.8 Å². The molecule has 1 aromatic carbocycles. The second-order valence-corrected chi connectivity index (χ2v) is 7.79. The van der Waals surface area contributed by atoms with E-state index in [-0.39, 0.29) is 24.2 Å². The first-order chi connectivity index (χ1) is 12.9. The molecule has 4 atom stereocenters. The van der Waals surface area contributed by atoms with Crippen LogP contribution in [-0.2, 0) is 19.1 Å². The van der Waals surface area contributed by atoms with Crippen LogP contribution in [0.3, 0.4) is 0 Å². The Labute approximate surface area is 161 Å². The molecule has 0 spiro atoms. The number of esters is 1. The van der Waals surface area contributed by atoms with Crippen molar-refractivity contribution in [3.8, 4) is 0 Å². The van der Waals surface area contributed by atoms with Gasteiger partial charge in [0.05, 0.1) is 18.9 Å². The van der Waals surface area contributed by atoms with Crippen molar-refractivity contribution in [3.05, 3.63) is 35.6 Å². The van der Waals surface area contributed by atoms with E-state index in [0.29, 0.717) is 17.7 Å². The largest absolute Gasteiger partial charge is 0.468 e. The van der Waals surface area contributed by atoms with E-state index in [1.807, 2.05) is 6.26 Å². The zero-order valence-corrected chi connectivity index (χ0v) is 16.3. The predicted octanol–water partition coefficient (Wildman–Crippen LogP) is 1.76. The minimum Gasteiger partial charge on any atom is -0.468 e. The lowest BCUT2D eigenvalue weighted by Crippen LogP contribution is -2.56. The number of benzene rings is 1. The molecular weight excluding hydrogens is 371 g/mol. The molecule has 0 saturated carbocycles. The van der Waals surface area contributed by atoms with Crippen LogP contribution < -0.4 is 5.32 Å². The molecule has 0 aliphatic carbocycles. The summed E-state index contributed by atoms with van der Waals surface area (Å²) in [7, 11) is 1.28. The van der Waals surface area contributed by atoms with Crippen LogP contribution >= 0.6 is 11.8 Å². The number of hydrogen-bond acceptors (Lipinski definition) is 6. The van der Waals surface area contributed by atoms with Gasteiger partial charge < -0.3 is 4.74 Å². The monoisotopic (exact) mass is 394 g/mol. The number of rotatable bonds is 6. The maximum atomic E-state index is 13.4. The van der Waals surface area contributed by atoms with Crippen molar-refractivity contribution in [2.45, 2.75) is 24.9 Å². The van der Waals surface area contributed by atoms with Crippen LogP contribution in [0.1, 0.15) is 24.9 Å². The Kier molecular flexibility index (Phi) is 5.58. The second kappa shape index (κ2) is 7.59. The molecule has 0 radical (unpaired) electrons. The first kappa shape index (κ1) is 19.8. The Bertz CT molecular complexity index is 757. The van der Waals surface area contributed by atoms with Gasteiger partial charge in [-0.2, -0.15) is 11.8 Å². The molecule has 0 unspecified atom stereocenters. The van der Waals surface area contributed by atoms with Crippen LogP contribution in [0.4, 0.5) is 4.39 Å². The molecule has 3 rings (SSSR count). The summed E-state index contributed by atoms with van der Waals surface area (Å²) >= 11 is 1.55. The number of carbonyl (C=O) groups is 3. The van der Waals surface area contributed by atoms with Gasteiger partial charge in [0.15, 0.2) is 0 Å². The van der Waals surface area contributed by atoms with E-state index < -0.39 is 29.4 Å². The van der Waals surface area contributed by atoms with Crippen LogP contribution in [-0.4, -0.2) is 53.9 Å². The summed E-state index contributed by atoms with van der Waals surface area (Å²) < 4.78 is 18.4. The predicted molar refractivity (Wildman–Crippen MR) is 99.4 cm³/mol. The Morgan fingerprint density at radius 3 is 2.52 bits per heavy atom. The fraction of sp³-hybridized carbons (Fsp3) is 0.526. The normalized spacial score (nSPS) is 29.9. The molecule has 146 valence electrons. The smallest absolute Gasteiger partial charge is 0.326 e. The van der Waals surface area contributed by atoms with Crippen LogP contribution in [0.25, 0.3) is 0 Å². The number of likely N-dealkylation sites (tertiary alicyclic amines) is 1. The van der Waals surface area contributed by atoms with E-state index in [2.05, 4.69) is 5.32 Å². The van der Waals surface area contributed by atoms with Crippen LogP contribution in [0.5, 0.6) is 0 Å². The van der Waals surface area contributed by atoms with Gasteiger partial charge in [-0.1, -0.05) is 12.1 Å². The zero-order valence-electron chi connectivity index (χ0n) is 15.5. The van der Waals surface area contributed by atoms with Crippen molar-refractivity contribution in [2.75, 3.05) is 25.7 Å². The van der Waals surface area contributed by atoms with Crippen molar-refractivity contribution in [3.63, 3.8) is 0 Å². The number of amides is 2. The molecule has 0 aromatic heterocycles. The lowest BCUT2D eigenvalue weighted by molar-refractivity contribution is -0.154. The first-order valence-corrected chi connectivity index (χ1v) is 10.3. The van der Waals surface area contributed by atoms with Crippen molar-refractivity contribution in [2.24, 2.45) is 11.8 Å². The second-order valence-electron chi connectivity index (χ2n) is 6.80. The molecule has 6 nitrogen and oxygen atoms in total. The molecule has 2 amide bonds. The minimum absolute atomic E-state index is 0.251. The van der Waals surface area contributed by atoms with E-state index in [0.717, 1.165) is 0 Å². The number of imide groups is 1. The molecule has 2 aliphatic heterocycles. The lowest BCUT2D eigenvalue weighted by atomic mass is 9.78. The maximum Gasteiger partial charge on any atom is 0.326 e. The molecule has 2 aliphatic rings. The Morgan fingerprint density at radius 1 is 1.30 bits per heavy atom. The molecular formula is C19H23FN2O4S. The summed E-state index contributed by atoms with van der Waals surface area (Å²) in [6.07, 6.45) is 2.27. The summed E-state index contributed by atoms with van der Waals surface area (Å²) in [5.74, 6) is -2.52. The van der Waals surface area contributed by atoms with Gasteiger partial charge >= 0.3 is 5.97 Å². The SMILES string of the molecule is CCN1C(=O)[C@@H]2[C@@H](c3ccc(F)cc3)N[C@@](CCSC)(C(=O)OC)[C@@H]2C1=O. The van der Waals surface area contributed by atoms with Crippen LogP contribution in [0.2, 0.25) is 0 Å². The Hall–Kier alpha value is -1.93. The van der Waals surface area contributed by atoms with E-state index >= 15 is 0 Å². The first-order valence-electron chi connectivity index (χ1n) is 8.87. The third-order valence-corrected chi connectivity index (χ3v) is 6.15. The van der Waals surface area contributed by atoms with Gasteiger partial charge in [0.1, 0.15) is 11.4 Å². The highest BCUT2D eigenvalue weighted by molar-refractivity contribution is 7.98. The number of nitrogens with one attached hydrogen (secondary N) is 1. The summed E-state index contributed by atoms with van der Waals surface area (Å²) in [5.41, 5.74) is -0.613. The van der Waals surface area contributed by atoms with Gasteiger partial charge in [-0.3, -0.25) is 24.6 Å². The number of hydrogen-bond donors (Lipinski definition) is 1. The molecule has 2 saturated heterocycles. The van der Waals surface area contributed by atoms with Gasteiger partial charge in [-0.25, -0.2) is 4.39 Å². The lowest BCUT2D eigenvalue weighted by Gasteiger charge is -2.32. The number of nitrogens with zero attached hydrogens (tertiary/aromatic N) is 1. The van der Waals surface area contributed by atoms with Gasteiger partial charge in [0.25, 0.3) is 0 Å². The summed E-state index contributed by atoms with van der Waals surface area (Å²) in [6.45, 7) is 1.99. The van der Waals surface area contributed by atoms with Crippen molar-refractivity contribution >= 4 is 29.5 Å². The van der Waals surface area contributed by atoms with E-state index in [1.165, 1.54) is 24.1 Å². The van der Waals surface area contributed by atoms with Gasteiger partial charge in [-0.15, -0.1) is 0 Å². The average molecular weight is 394 g/mol. The number of thioether (sulfide) groups is 1. The van der Waals surface area contributed by atoms with Gasteiger partial charge in [0, 0.05) is 12.6 Å². The molecule has 0 bridgehead atoms. The highest BCUT2D eigenvalue weighted by atomic mass is 32.2. The van der Waals surface area contributed by atoms with Crippen LogP contribution in [0.15, 0.2) is 24.3 Å². The highest BCUT2D eigenvalue weighted by Gasteiger charge is 2.68. The molecule has 2 fully saturated rings.